The number of fused-ring (bicyclic) bond motifs is 1. The molecule has 0 aliphatic carbocycles. The molecule has 3 saturated heterocycles. The lowest BCUT2D eigenvalue weighted by molar-refractivity contribution is -0.156. The summed E-state index contributed by atoms with van der Waals surface area (Å²) in [6.07, 6.45) is 6.12. The van der Waals surface area contributed by atoms with Crippen LogP contribution in [-0.2, 0) is 19.1 Å². The highest BCUT2D eigenvalue weighted by Gasteiger charge is 2.78. The molecular weight excluding hydrogens is 512 g/mol. The number of rotatable bonds is 12. The Kier molecular flexibility index (Phi) is 9.13. The van der Waals surface area contributed by atoms with Crippen LogP contribution < -0.4 is 0 Å². The van der Waals surface area contributed by atoms with Crippen molar-refractivity contribution in [1.82, 2.24) is 9.80 Å². The SMILES string of the molecule is C=CCCOC(=O)[C@@H]1[C@H]2C(=O)N([C@@H](CO)C(C)C)C(C(=O)N(CC=C)C(C)(C)CC(C)(C)C)C23CC[C@@]1(C)S3. The first-order valence-corrected chi connectivity index (χ1v) is 15.2. The molecule has 3 rings (SSSR count). The van der Waals surface area contributed by atoms with Crippen molar-refractivity contribution >= 4 is 29.5 Å². The molecule has 7 nitrogen and oxygen atoms in total. The van der Waals surface area contributed by atoms with Crippen LogP contribution in [0.25, 0.3) is 0 Å². The molecule has 3 heterocycles. The molecule has 2 bridgehead atoms. The number of hydrogen-bond acceptors (Lipinski definition) is 6. The molecule has 0 saturated carbocycles. The summed E-state index contributed by atoms with van der Waals surface area (Å²) in [7, 11) is 0. The Bertz CT molecular complexity index is 988. The van der Waals surface area contributed by atoms with E-state index >= 15 is 0 Å². The Labute approximate surface area is 239 Å². The van der Waals surface area contributed by atoms with Gasteiger partial charge >= 0.3 is 5.97 Å². The Balaban J connectivity index is 2.15. The molecule has 0 aromatic rings. The number of carbonyl (C=O) groups is 3. The molecular formula is C31H50N2O5S. The van der Waals surface area contributed by atoms with Crippen LogP contribution in [0.1, 0.15) is 81.1 Å². The highest BCUT2D eigenvalue weighted by molar-refractivity contribution is 8.02. The number of aliphatic hydroxyl groups excluding tert-OH is 1. The van der Waals surface area contributed by atoms with E-state index < -0.39 is 39.0 Å². The van der Waals surface area contributed by atoms with E-state index in [2.05, 4.69) is 47.8 Å². The molecule has 220 valence electrons. The fourth-order valence-electron chi connectivity index (χ4n) is 7.62. The Morgan fingerprint density at radius 1 is 1.21 bits per heavy atom. The molecule has 3 aliphatic rings. The average molecular weight is 563 g/mol. The maximum atomic E-state index is 14.8. The third-order valence-corrected chi connectivity index (χ3v) is 10.8. The fourth-order valence-corrected chi connectivity index (χ4v) is 9.94. The number of hydrogen-bond donors (Lipinski definition) is 1. The minimum Gasteiger partial charge on any atom is -0.465 e. The van der Waals surface area contributed by atoms with Gasteiger partial charge in [-0.25, -0.2) is 0 Å². The van der Waals surface area contributed by atoms with Gasteiger partial charge in [-0.3, -0.25) is 14.4 Å². The lowest BCUT2D eigenvalue weighted by atomic mass is 9.66. The highest BCUT2D eigenvalue weighted by Crippen LogP contribution is 2.72. The summed E-state index contributed by atoms with van der Waals surface area (Å²) < 4.78 is 4.39. The Morgan fingerprint density at radius 3 is 2.36 bits per heavy atom. The first-order valence-electron chi connectivity index (χ1n) is 14.3. The highest BCUT2D eigenvalue weighted by atomic mass is 32.2. The van der Waals surface area contributed by atoms with Crippen LogP contribution in [-0.4, -0.2) is 79.6 Å². The van der Waals surface area contributed by atoms with Crippen LogP contribution in [0.15, 0.2) is 25.3 Å². The van der Waals surface area contributed by atoms with Gasteiger partial charge in [0.25, 0.3) is 0 Å². The van der Waals surface area contributed by atoms with Crippen LogP contribution in [0.5, 0.6) is 0 Å². The van der Waals surface area contributed by atoms with E-state index in [1.807, 2.05) is 25.7 Å². The van der Waals surface area contributed by atoms with E-state index in [-0.39, 0.29) is 42.3 Å². The minimum absolute atomic E-state index is 0.0326. The molecule has 8 heteroatoms. The quantitative estimate of drug-likeness (QED) is 0.208. The number of nitrogens with zero attached hydrogens (tertiary/aromatic N) is 2. The van der Waals surface area contributed by atoms with Crippen LogP contribution >= 0.6 is 11.8 Å². The van der Waals surface area contributed by atoms with Gasteiger partial charge in [0.15, 0.2) is 0 Å². The summed E-state index contributed by atoms with van der Waals surface area (Å²) in [6, 6.07) is -1.32. The number of esters is 1. The molecule has 2 amide bonds. The summed E-state index contributed by atoms with van der Waals surface area (Å²) >= 11 is 1.63. The lowest BCUT2D eigenvalue weighted by Gasteiger charge is -2.47. The van der Waals surface area contributed by atoms with Gasteiger partial charge in [0.05, 0.1) is 35.8 Å². The molecule has 0 aromatic carbocycles. The molecule has 2 unspecified atom stereocenters. The normalized spacial score (nSPS) is 30.9. The number of ether oxygens (including phenoxy) is 1. The monoisotopic (exact) mass is 562 g/mol. The van der Waals surface area contributed by atoms with Crippen molar-refractivity contribution in [3.05, 3.63) is 25.3 Å². The molecule has 1 N–H and O–H groups in total. The van der Waals surface area contributed by atoms with E-state index in [0.717, 1.165) is 12.8 Å². The van der Waals surface area contributed by atoms with Crippen molar-refractivity contribution in [3.8, 4) is 0 Å². The van der Waals surface area contributed by atoms with E-state index in [0.29, 0.717) is 19.4 Å². The van der Waals surface area contributed by atoms with E-state index in [4.69, 9.17) is 4.74 Å². The second-order valence-electron chi connectivity index (χ2n) is 14.0. The second-order valence-corrected chi connectivity index (χ2v) is 15.9. The molecule has 0 aromatic heterocycles. The van der Waals surface area contributed by atoms with Crippen molar-refractivity contribution in [2.24, 2.45) is 23.2 Å². The van der Waals surface area contributed by atoms with Gasteiger partial charge in [0.1, 0.15) is 6.04 Å². The number of carbonyl (C=O) groups excluding carboxylic acids is 3. The predicted octanol–water partition coefficient (Wildman–Crippen LogP) is 4.83. The number of thioether (sulfide) groups is 1. The van der Waals surface area contributed by atoms with E-state index in [1.165, 1.54) is 0 Å². The summed E-state index contributed by atoms with van der Waals surface area (Å²) in [5.74, 6) is -2.10. The summed E-state index contributed by atoms with van der Waals surface area (Å²) in [4.78, 5) is 46.3. The molecule has 3 fully saturated rings. The minimum atomic E-state index is -0.786. The topological polar surface area (TPSA) is 87.1 Å². The van der Waals surface area contributed by atoms with Crippen LogP contribution in [0.2, 0.25) is 0 Å². The van der Waals surface area contributed by atoms with Gasteiger partial charge in [-0.15, -0.1) is 24.9 Å². The van der Waals surface area contributed by atoms with E-state index in [9.17, 15) is 19.5 Å². The van der Waals surface area contributed by atoms with Gasteiger partial charge < -0.3 is 19.6 Å². The fraction of sp³-hybridized carbons (Fsp3) is 0.774. The van der Waals surface area contributed by atoms with Crippen molar-refractivity contribution in [2.75, 3.05) is 19.8 Å². The van der Waals surface area contributed by atoms with E-state index in [1.54, 1.807) is 28.8 Å². The summed E-state index contributed by atoms with van der Waals surface area (Å²) in [6.45, 7) is 24.5. The number of aliphatic hydroxyl groups is 1. The van der Waals surface area contributed by atoms with Gasteiger partial charge in [0.2, 0.25) is 11.8 Å². The van der Waals surface area contributed by atoms with Crippen molar-refractivity contribution in [3.63, 3.8) is 0 Å². The van der Waals surface area contributed by atoms with Gasteiger partial charge in [-0.1, -0.05) is 46.8 Å². The summed E-state index contributed by atoms with van der Waals surface area (Å²) in [5.41, 5.74) is -0.539. The smallest absolute Gasteiger partial charge is 0.311 e. The number of amides is 2. The van der Waals surface area contributed by atoms with Crippen LogP contribution in [0.3, 0.4) is 0 Å². The maximum absolute atomic E-state index is 14.8. The molecule has 39 heavy (non-hydrogen) atoms. The number of likely N-dealkylation sites (tertiary alicyclic amines) is 1. The molecule has 0 radical (unpaired) electrons. The average Bonchev–Trinajstić information content (AvgIpc) is 3.37. The van der Waals surface area contributed by atoms with Gasteiger partial charge in [-0.2, -0.15) is 0 Å². The molecule has 3 aliphatic heterocycles. The van der Waals surface area contributed by atoms with Crippen LogP contribution in [0, 0.1) is 23.2 Å². The zero-order valence-corrected chi connectivity index (χ0v) is 26.1. The maximum Gasteiger partial charge on any atom is 0.311 e. The van der Waals surface area contributed by atoms with Gasteiger partial charge in [-0.05, 0) is 57.8 Å². The van der Waals surface area contributed by atoms with Gasteiger partial charge in [0, 0.05) is 16.8 Å². The molecule has 6 atom stereocenters. The third-order valence-electron chi connectivity index (χ3n) is 8.85. The second kappa shape index (κ2) is 11.2. The predicted molar refractivity (Wildman–Crippen MR) is 157 cm³/mol. The first kappa shape index (κ1) is 31.7. The van der Waals surface area contributed by atoms with Crippen molar-refractivity contribution in [1.29, 1.82) is 0 Å². The lowest BCUT2D eigenvalue weighted by Crippen LogP contribution is -2.62. The Morgan fingerprint density at radius 2 is 1.85 bits per heavy atom. The zero-order valence-electron chi connectivity index (χ0n) is 25.3. The Hall–Kier alpha value is -1.80. The van der Waals surface area contributed by atoms with Crippen molar-refractivity contribution in [2.45, 2.75) is 108 Å². The van der Waals surface area contributed by atoms with Crippen LogP contribution in [0.4, 0.5) is 0 Å². The first-order chi connectivity index (χ1) is 18.0. The third kappa shape index (κ3) is 5.57. The molecule has 1 spiro atoms. The zero-order chi connectivity index (χ0) is 29.6. The largest absolute Gasteiger partial charge is 0.465 e. The standard InChI is InChI=1S/C31H50N2O5S/c1-11-13-17-38-27(37)23-22-25(35)33(21(18-34)20(3)4)24(31(22)15-14-30(23,10)39-31)26(36)32(16-12-2)29(8,9)19-28(5,6)7/h11-12,20-24,34H,1-2,13-19H2,3-10H3/t21-,22-,23-,24?,30+,31?/m0/s1. The van der Waals surface area contributed by atoms with Crippen molar-refractivity contribution < 1.29 is 24.2 Å². The summed E-state index contributed by atoms with van der Waals surface area (Å²) in [5, 5.41) is 10.5.